The molecule has 0 amide bonds. The van der Waals surface area contributed by atoms with Crippen LogP contribution in [-0.4, -0.2) is 23.3 Å². The van der Waals surface area contributed by atoms with E-state index in [1.807, 2.05) is 6.07 Å². The van der Waals surface area contributed by atoms with Gasteiger partial charge in [0, 0.05) is 30.1 Å². The van der Waals surface area contributed by atoms with Crippen LogP contribution in [0, 0.1) is 6.92 Å². The first kappa shape index (κ1) is 15.4. The Balaban J connectivity index is 2.01. The van der Waals surface area contributed by atoms with Crippen LogP contribution in [-0.2, 0) is 6.54 Å². The molecule has 0 aromatic heterocycles. The summed E-state index contributed by atoms with van der Waals surface area (Å²) in [5, 5.41) is 10.5. The van der Waals surface area contributed by atoms with Gasteiger partial charge in [0.05, 0.1) is 0 Å². The Morgan fingerprint density at radius 1 is 1.36 bits per heavy atom. The highest BCUT2D eigenvalue weighted by molar-refractivity contribution is 5.57. The van der Waals surface area contributed by atoms with Gasteiger partial charge in [0.15, 0.2) is 0 Å². The molecule has 1 aliphatic heterocycles. The largest absolute Gasteiger partial charge is 0.507 e. The molecule has 0 saturated heterocycles. The lowest BCUT2D eigenvalue weighted by Gasteiger charge is -2.33. The van der Waals surface area contributed by atoms with Gasteiger partial charge in [-0.05, 0) is 51.2 Å². The molecule has 1 aliphatic carbocycles. The van der Waals surface area contributed by atoms with Crippen LogP contribution < -0.4 is 4.74 Å². The fraction of sp³-hybridized carbons (Fsp3) is 0.579. The second-order valence-corrected chi connectivity index (χ2v) is 6.77. The molecule has 1 aromatic carbocycles. The molecule has 0 bridgehead atoms. The second-order valence-electron chi connectivity index (χ2n) is 6.77. The molecule has 1 atom stereocenters. The Bertz CT molecular complexity index is 592. The van der Waals surface area contributed by atoms with Gasteiger partial charge in [0.25, 0.3) is 0 Å². The van der Waals surface area contributed by atoms with E-state index in [-0.39, 0.29) is 0 Å². The van der Waals surface area contributed by atoms with Crippen molar-refractivity contribution in [2.24, 2.45) is 0 Å². The van der Waals surface area contributed by atoms with Gasteiger partial charge in [-0.2, -0.15) is 0 Å². The molecule has 0 fully saturated rings. The lowest BCUT2D eigenvalue weighted by molar-refractivity contribution is 0.0932. The Morgan fingerprint density at radius 3 is 2.91 bits per heavy atom. The van der Waals surface area contributed by atoms with E-state index in [0.29, 0.717) is 18.4 Å². The number of hydrogen-bond donors (Lipinski definition) is 1. The Hall–Kier alpha value is -1.48. The minimum absolute atomic E-state index is 0.292. The van der Waals surface area contributed by atoms with Gasteiger partial charge in [0.1, 0.15) is 18.2 Å². The molecule has 3 rings (SSSR count). The van der Waals surface area contributed by atoms with Gasteiger partial charge in [0.2, 0.25) is 0 Å². The van der Waals surface area contributed by atoms with Crippen LogP contribution in [0.25, 0.3) is 0 Å². The molecular weight excluding hydrogens is 274 g/mol. The average Bonchev–Trinajstić information content (AvgIpc) is 2.48. The second kappa shape index (κ2) is 6.33. The summed E-state index contributed by atoms with van der Waals surface area (Å²) >= 11 is 0. The van der Waals surface area contributed by atoms with E-state index in [1.165, 1.54) is 24.0 Å². The van der Waals surface area contributed by atoms with Crippen LogP contribution in [0.2, 0.25) is 0 Å². The van der Waals surface area contributed by atoms with Gasteiger partial charge >= 0.3 is 0 Å². The minimum atomic E-state index is 0.292. The number of rotatable bonds is 3. The summed E-state index contributed by atoms with van der Waals surface area (Å²) in [6, 6.07) is 1.92. The normalized spacial score (nSPS) is 22.0. The van der Waals surface area contributed by atoms with Crippen molar-refractivity contribution in [2.75, 3.05) is 13.3 Å². The van der Waals surface area contributed by atoms with Gasteiger partial charge < -0.3 is 9.84 Å². The first-order valence-electron chi connectivity index (χ1n) is 8.48. The van der Waals surface area contributed by atoms with Crippen LogP contribution in [0.1, 0.15) is 62.1 Å². The first-order chi connectivity index (χ1) is 10.6. The summed E-state index contributed by atoms with van der Waals surface area (Å²) in [6.07, 6.45) is 6.92. The van der Waals surface area contributed by atoms with Crippen molar-refractivity contribution in [2.45, 2.75) is 58.9 Å². The standard InChI is InChI=1S/C19H27NO2/c1-4-8-20-11-16-14(3)10-17(21)18(19(16)22-12-20)15-7-5-6-13(2)9-15/h9-10,15,21H,4-8,11-12H2,1-3H3. The topological polar surface area (TPSA) is 32.7 Å². The van der Waals surface area contributed by atoms with E-state index in [1.54, 1.807) is 0 Å². The minimum Gasteiger partial charge on any atom is -0.507 e. The van der Waals surface area contributed by atoms with E-state index < -0.39 is 0 Å². The third kappa shape index (κ3) is 2.87. The summed E-state index contributed by atoms with van der Waals surface area (Å²) in [6.45, 7) is 9.07. The lowest BCUT2D eigenvalue weighted by atomic mass is 9.83. The maximum Gasteiger partial charge on any atom is 0.142 e. The van der Waals surface area contributed by atoms with Gasteiger partial charge in [-0.1, -0.05) is 18.6 Å². The van der Waals surface area contributed by atoms with Crippen molar-refractivity contribution in [3.8, 4) is 11.5 Å². The summed E-state index contributed by atoms with van der Waals surface area (Å²) in [5.74, 6) is 1.64. The molecule has 22 heavy (non-hydrogen) atoms. The predicted molar refractivity (Wildman–Crippen MR) is 89.4 cm³/mol. The summed E-state index contributed by atoms with van der Waals surface area (Å²) < 4.78 is 6.11. The van der Waals surface area contributed by atoms with Gasteiger partial charge in [-0.3, -0.25) is 4.90 Å². The Kier molecular flexibility index (Phi) is 4.44. The molecule has 3 heteroatoms. The number of fused-ring (bicyclic) bond motifs is 1. The molecule has 0 saturated carbocycles. The van der Waals surface area contributed by atoms with Crippen molar-refractivity contribution in [1.82, 2.24) is 4.90 Å². The number of aromatic hydroxyl groups is 1. The Labute approximate surface area is 133 Å². The zero-order valence-corrected chi connectivity index (χ0v) is 14.0. The molecule has 2 aliphatic rings. The number of nitrogens with zero attached hydrogens (tertiary/aromatic N) is 1. The number of phenolic OH excluding ortho intramolecular Hbond substituents is 1. The predicted octanol–water partition coefficient (Wildman–Crippen LogP) is 4.48. The number of hydrogen-bond acceptors (Lipinski definition) is 3. The van der Waals surface area contributed by atoms with Crippen LogP contribution in [0.15, 0.2) is 17.7 Å². The summed E-state index contributed by atoms with van der Waals surface area (Å²) in [4.78, 5) is 2.33. The molecule has 0 spiro atoms. The van der Waals surface area contributed by atoms with Crippen molar-refractivity contribution >= 4 is 0 Å². The molecule has 1 aromatic rings. The maximum atomic E-state index is 10.5. The molecule has 120 valence electrons. The third-order valence-corrected chi connectivity index (χ3v) is 4.88. The fourth-order valence-electron chi connectivity index (χ4n) is 3.77. The van der Waals surface area contributed by atoms with E-state index >= 15 is 0 Å². The number of aryl methyl sites for hydroxylation is 1. The highest BCUT2D eigenvalue weighted by Crippen LogP contribution is 2.45. The number of benzene rings is 1. The van der Waals surface area contributed by atoms with Crippen molar-refractivity contribution in [3.05, 3.63) is 34.4 Å². The number of phenols is 1. The lowest BCUT2D eigenvalue weighted by Crippen LogP contribution is -2.33. The van der Waals surface area contributed by atoms with Gasteiger partial charge in [-0.25, -0.2) is 0 Å². The van der Waals surface area contributed by atoms with Crippen LogP contribution in [0.3, 0.4) is 0 Å². The Morgan fingerprint density at radius 2 is 2.18 bits per heavy atom. The van der Waals surface area contributed by atoms with Crippen LogP contribution in [0.5, 0.6) is 11.5 Å². The zero-order chi connectivity index (χ0) is 15.7. The molecule has 1 heterocycles. The van der Waals surface area contributed by atoms with Crippen molar-refractivity contribution in [1.29, 1.82) is 0 Å². The highest BCUT2D eigenvalue weighted by Gasteiger charge is 2.28. The van der Waals surface area contributed by atoms with Crippen LogP contribution in [0.4, 0.5) is 0 Å². The molecule has 0 radical (unpaired) electrons. The van der Waals surface area contributed by atoms with Crippen LogP contribution >= 0.6 is 0 Å². The highest BCUT2D eigenvalue weighted by atomic mass is 16.5. The van der Waals surface area contributed by atoms with E-state index in [9.17, 15) is 5.11 Å². The molecule has 3 nitrogen and oxygen atoms in total. The third-order valence-electron chi connectivity index (χ3n) is 4.88. The molecular formula is C19H27NO2. The smallest absolute Gasteiger partial charge is 0.142 e. The van der Waals surface area contributed by atoms with E-state index in [0.717, 1.165) is 42.8 Å². The first-order valence-corrected chi connectivity index (χ1v) is 8.48. The van der Waals surface area contributed by atoms with E-state index in [2.05, 4.69) is 31.7 Å². The van der Waals surface area contributed by atoms with Crippen molar-refractivity contribution in [3.63, 3.8) is 0 Å². The van der Waals surface area contributed by atoms with E-state index in [4.69, 9.17) is 4.74 Å². The van der Waals surface area contributed by atoms with Gasteiger partial charge in [-0.15, -0.1) is 0 Å². The molecule has 1 unspecified atom stereocenters. The average molecular weight is 301 g/mol. The summed E-state index contributed by atoms with van der Waals surface area (Å²) in [7, 11) is 0. The summed E-state index contributed by atoms with van der Waals surface area (Å²) in [5.41, 5.74) is 4.82. The number of ether oxygens (including phenoxy) is 1. The monoisotopic (exact) mass is 301 g/mol. The molecule has 1 N–H and O–H groups in total. The van der Waals surface area contributed by atoms with Crippen molar-refractivity contribution < 1.29 is 9.84 Å². The number of allylic oxidation sites excluding steroid dienone is 2. The zero-order valence-electron chi connectivity index (χ0n) is 14.0. The fourth-order valence-corrected chi connectivity index (χ4v) is 3.77. The SMILES string of the molecule is CCCN1COc2c(c(C)cc(O)c2C2C=C(C)CCC2)C1. The quantitative estimate of drug-likeness (QED) is 0.836. The maximum absolute atomic E-state index is 10.5.